The van der Waals surface area contributed by atoms with E-state index < -0.39 is 0 Å². The second-order valence-corrected chi connectivity index (χ2v) is 5.60. The molecule has 0 aromatic heterocycles. The van der Waals surface area contributed by atoms with E-state index in [9.17, 15) is 4.79 Å². The van der Waals surface area contributed by atoms with Crippen LogP contribution >= 0.6 is 0 Å². The average molecular weight is 255 g/mol. The molecule has 2 heterocycles. The number of hydrogen-bond donors (Lipinski definition) is 1. The molecule has 1 amide bonds. The molecule has 2 fully saturated rings. The maximum absolute atomic E-state index is 12.0. The maximum Gasteiger partial charge on any atom is 0.248 e. The van der Waals surface area contributed by atoms with Crippen LogP contribution in [0, 0.1) is 0 Å². The quantitative estimate of drug-likeness (QED) is 0.774. The lowest BCUT2D eigenvalue weighted by Crippen LogP contribution is -2.58. The minimum Gasteiger partial charge on any atom is -0.365 e. The standard InChI is InChI=1S/C13H25N3O2/c1-10(2)15-5-3-4-11(7-15)16-8-12(6-14)18-9-13(16)17/h10-12H,3-9,14H2,1-2H3. The number of nitrogens with zero attached hydrogens (tertiary/aromatic N) is 2. The van der Waals surface area contributed by atoms with Crippen molar-refractivity contribution in [3.05, 3.63) is 0 Å². The summed E-state index contributed by atoms with van der Waals surface area (Å²) in [7, 11) is 0. The van der Waals surface area contributed by atoms with Crippen LogP contribution in [0.25, 0.3) is 0 Å². The Morgan fingerprint density at radius 1 is 1.44 bits per heavy atom. The van der Waals surface area contributed by atoms with Crippen LogP contribution in [0.15, 0.2) is 0 Å². The average Bonchev–Trinajstić information content (AvgIpc) is 2.39. The van der Waals surface area contributed by atoms with Crippen molar-refractivity contribution in [2.24, 2.45) is 5.73 Å². The fourth-order valence-corrected chi connectivity index (χ4v) is 2.85. The topological polar surface area (TPSA) is 58.8 Å². The van der Waals surface area contributed by atoms with Crippen molar-refractivity contribution in [3.63, 3.8) is 0 Å². The molecule has 5 heteroatoms. The van der Waals surface area contributed by atoms with Gasteiger partial charge in [0, 0.05) is 31.7 Å². The van der Waals surface area contributed by atoms with E-state index in [2.05, 4.69) is 18.7 Å². The summed E-state index contributed by atoms with van der Waals surface area (Å²) >= 11 is 0. The van der Waals surface area contributed by atoms with E-state index in [1.165, 1.54) is 6.42 Å². The van der Waals surface area contributed by atoms with Crippen LogP contribution < -0.4 is 5.73 Å². The predicted octanol–water partition coefficient (Wildman–Crippen LogP) is 0.0453. The summed E-state index contributed by atoms with van der Waals surface area (Å²) in [5.41, 5.74) is 5.64. The molecule has 2 aliphatic heterocycles. The molecule has 5 nitrogen and oxygen atoms in total. The smallest absolute Gasteiger partial charge is 0.248 e. The van der Waals surface area contributed by atoms with E-state index in [0.717, 1.165) is 19.5 Å². The fourth-order valence-electron chi connectivity index (χ4n) is 2.85. The molecule has 2 saturated heterocycles. The van der Waals surface area contributed by atoms with Crippen molar-refractivity contribution in [1.82, 2.24) is 9.80 Å². The Labute approximate surface area is 109 Å². The van der Waals surface area contributed by atoms with Gasteiger partial charge in [-0.3, -0.25) is 9.69 Å². The van der Waals surface area contributed by atoms with Gasteiger partial charge < -0.3 is 15.4 Å². The summed E-state index contributed by atoms with van der Waals surface area (Å²) in [6, 6.07) is 0.890. The SMILES string of the molecule is CC(C)N1CCCC(N2CC(CN)OCC2=O)C1. The zero-order valence-electron chi connectivity index (χ0n) is 11.5. The minimum absolute atomic E-state index is 0.0112. The van der Waals surface area contributed by atoms with Gasteiger partial charge >= 0.3 is 0 Å². The van der Waals surface area contributed by atoms with E-state index >= 15 is 0 Å². The Balaban J connectivity index is 1.98. The first-order chi connectivity index (χ1) is 8.61. The molecule has 0 aromatic carbocycles. The number of carbonyl (C=O) groups is 1. The Morgan fingerprint density at radius 2 is 2.22 bits per heavy atom. The molecule has 2 aliphatic rings. The summed E-state index contributed by atoms with van der Waals surface area (Å²) < 4.78 is 5.40. The summed E-state index contributed by atoms with van der Waals surface area (Å²) in [4.78, 5) is 16.4. The molecule has 104 valence electrons. The predicted molar refractivity (Wildman–Crippen MR) is 70.2 cm³/mol. The van der Waals surface area contributed by atoms with Crippen LogP contribution in [0.5, 0.6) is 0 Å². The molecule has 2 atom stereocenters. The monoisotopic (exact) mass is 255 g/mol. The van der Waals surface area contributed by atoms with E-state index in [1.807, 2.05) is 4.90 Å². The summed E-state index contributed by atoms with van der Waals surface area (Å²) in [6.07, 6.45) is 2.28. The van der Waals surface area contributed by atoms with Gasteiger partial charge in [0.2, 0.25) is 5.91 Å². The first-order valence-corrected chi connectivity index (χ1v) is 6.97. The number of amides is 1. The number of hydrogen-bond acceptors (Lipinski definition) is 4. The first kappa shape index (κ1) is 13.8. The molecule has 0 spiro atoms. The van der Waals surface area contributed by atoms with E-state index in [-0.39, 0.29) is 18.6 Å². The Morgan fingerprint density at radius 3 is 2.89 bits per heavy atom. The number of piperidine rings is 1. The number of likely N-dealkylation sites (tertiary alicyclic amines) is 1. The van der Waals surface area contributed by atoms with Gasteiger partial charge in [0.15, 0.2) is 0 Å². The summed E-state index contributed by atoms with van der Waals surface area (Å²) in [6.45, 7) is 7.91. The first-order valence-electron chi connectivity index (χ1n) is 6.97. The molecule has 18 heavy (non-hydrogen) atoms. The molecular formula is C13H25N3O2. The molecule has 0 aliphatic carbocycles. The molecular weight excluding hydrogens is 230 g/mol. The summed E-state index contributed by atoms with van der Waals surface area (Å²) in [5.74, 6) is 0.121. The van der Waals surface area contributed by atoms with Crippen LogP contribution in [0.3, 0.4) is 0 Å². The van der Waals surface area contributed by atoms with E-state index in [1.54, 1.807) is 0 Å². The van der Waals surface area contributed by atoms with Crippen LogP contribution in [0.1, 0.15) is 26.7 Å². The highest BCUT2D eigenvalue weighted by atomic mass is 16.5. The highest BCUT2D eigenvalue weighted by Gasteiger charge is 2.33. The van der Waals surface area contributed by atoms with E-state index in [4.69, 9.17) is 10.5 Å². The van der Waals surface area contributed by atoms with Gasteiger partial charge in [0.05, 0.1) is 6.10 Å². The van der Waals surface area contributed by atoms with Gasteiger partial charge in [-0.05, 0) is 33.2 Å². The number of rotatable bonds is 3. The lowest BCUT2D eigenvalue weighted by molar-refractivity contribution is -0.153. The third-order valence-corrected chi connectivity index (χ3v) is 4.03. The zero-order valence-corrected chi connectivity index (χ0v) is 11.5. The highest BCUT2D eigenvalue weighted by molar-refractivity contribution is 5.78. The third-order valence-electron chi connectivity index (χ3n) is 4.03. The largest absolute Gasteiger partial charge is 0.365 e. The van der Waals surface area contributed by atoms with E-state index in [0.29, 0.717) is 25.2 Å². The van der Waals surface area contributed by atoms with Crippen molar-refractivity contribution in [2.45, 2.75) is 44.9 Å². The second kappa shape index (κ2) is 5.99. The third kappa shape index (κ3) is 3.02. The highest BCUT2D eigenvalue weighted by Crippen LogP contribution is 2.20. The van der Waals surface area contributed by atoms with Gasteiger partial charge in [-0.25, -0.2) is 0 Å². The van der Waals surface area contributed by atoms with Crippen molar-refractivity contribution in [3.8, 4) is 0 Å². The van der Waals surface area contributed by atoms with Crippen molar-refractivity contribution in [2.75, 3.05) is 32.8 Å². The summed E-state index contributed by atoms with van der Waals surface area (Å²) in [5, 5.41) is 0. The van der Waals surface area contributed by atoms with Gasteiger partial charge in [0.1, 0.15) is 6.61 Å². The van der Waals surface area contributed by atoms with Gasteiger partial charge in [-0.2, -0.15) is 0 Å². The number of morpholine rings is 1. The number of ether oxygens (including phenoxy) is 1. The van der Waals surface area contributed by atoms with Crippen molar-refractivity contribution >= 4 is 5.91 Å². The fraction of sp³-hybridized carbons (Fsp3) is 0.923. The Kier molecular flexibility index (Phi) is 4.59. The van der Waals surface area contributed by atoms with Crippen molar-refractivity contribution in [1.29, 1.82) is 0 Å². The number of nitrogens with two attached hydrogens (primary N) is 1. The van der Waals surface area contributed by atoms with Crippen LogP contribution in [0.2, 0.25) is 0 Å². The molecule has 0 saturated carbocycles. The number of carbonyl (C=O) groups excluding carboxylic acids is 1. The minimum atomic E-state index is 0.0112. The van der Waals surface area contributed by atoms with Gasteiger partial charge in [-0.1, -0.05) is 0 Å². The normalized spacial score (nSPS) is 31.1. The molecule has 0 aromatic rings. The van der Waals surface area contributed by atoms with Gasteiger partial charge in [0.25, 0.3) is 0 Å². The lowest BCUT2D eigenvalue weighted by atomic mass is 10.0. The molecule has 0 bridgehead atoms. The molecule has 2 N–H and O–H groups in total. The molecule has 2 unspecified atom stereocenters. The zero-order chi connectivity index (χ0) is 13.1. The Hall–Kier alpha value is -0.650. The Bertz CT molecular complexity index is 296. The molecule has 2 rings (SSSR count). The lowest BCUT2D eigenvalue weighted by Gasteiger charge is -2.43. The van der Waals surface area contributed by atoms with Crippen LogP contribution in [-0.4, -0.2) is 66.7 Å². The van der Waals surface area contributed by atoms with Crippen LogP contribution in [-0.2, 0) is 9.53 Å². The molecule has 0 radical (unpaired) electrons. The van der Waals surface area contributed by atoms with Crippen molar-refractivity contribution < 1.29 is 9.53 Å². The maximum atomic E-state index is 12.0. The second-order valence-electron chi connectivity index (χ2n) is 5.60. The van der Waals surface area contributed by atoms with Crippen LogP contribution in [0.4, 0.5) is 0 Å². The van der Waals surface area contributed by atoms with Gasteiger partial charge in [-0.15, -0.1) is 0 Å².